The van der Waals surface area contributed by atoms with E-state index in [4.69, 9.17) is 0 Å². The molecule has 1 aliphatic carbocycles. The number of nitrogens with zero attached hydrogens (tertiary/aromatic N) is 5. The summed E-state index contributed by atoms with van der Waals surface area (Å²) in [6.07, 6.45) is 10.1. The molecule has 4 N–H and O–H groups in total. The van der Waals surface area contributed by atoms with E-state index in [1.807, 2.05) is 35.7 Å². The van der Waals surface area contributed by atoms with Crippen LogP contribution in [0.3, 0.4) is 0 Å². The van der Waals surface area contributed by atoms with Crippen LogP contribution in [0.4, 0.5) is 17.5 Å². The van der Waals surface area contributed by atoms with Gasteiger partial charge < -0.3 is 30.5 Å². The summed E-state index contributed by atoms with van der Waals surface area (Å²) in [6, 6.07) is 6.10. The van der Waals surface area contributed by atoms with Gasteiger partial charge in [-0.05, 0) is 58.0 Å². The zero-order chi connectivity index (χ0) is 25.9. The highest BCUT2D eigenvalue weighted by Crippen LogP contribution is 2.34. The maximum absolute atomic E-state index is 12.7. The highest BCUT2D eigenvalue weighted by molar-refractivity contribution is 5.94. The van der Waals surface area contributed by atoms with Crippen molar-refractivity contribution in [3.05, 3.63) is 36.3 Å². The first-order valence-corrected chi connectivity index (χ1v) is 13.0. The Morgan fingerprint density at radius 2 is 1.77 bits per heavy atom. The number of amides is 1. The van der Waals surface area contributed by atoms with Gasteiger partial charge in [0.2, 0.25) is 11.9 Å². The number of carbonyl (C=O) groups is 2. The number of carboxylic acids is 1. The van der Waals surface area contributed by atoms with E-state index in [1.165, 1.54) is 0 Å². The Morgan fingerprint density at radius 1 is 1.05 bits per heavy atom. The first-order valence-electron chi connectivity index (χ1n) is 13.0. The summed E-state index contributed by atoms with van der Waals surface area (Å²) in [5.74, 6) is 0.0814. The van der Waals surface area contributed by atoms with Gasteiger partial charge in [0.15, 0.2) is 0 Å². The van der Waals surface area contributed by atoms with Gasteiger partial charge in [-0.1, -0.05) is 12.8 Å². The Bertz CT molecular complexity index is 1280. The third kappa shape index (κ3) is 6.60. The molecule has 3 fully saturated rings. The highest BCUT2D eigenvalue weighted by atomic mass is 35.5. The Hall–Kier alpha value is -2.99. The average molecular weight is 580 g/mol. The third-order valence-electron chi connectivity index (χ3n) is 7.24. The molecule has 2 unspecified atom stereocenters. The van der Waals surface area contributed by atoms with E-state index in [0.717, 1.165) is 44.2 Å². The minimum atomic E-state index is -0.955. The van der Waals surface area contributed by atoms with Gasteiger partial charge >= 0.3 is 5.97 Å². The number of halogens is 2. The van der Waals surface area contributed by atoms with E-state index in [9.17, 15) is 14.7 Å². The minimum Gasteiger partial charge on any atom is -0.477 e. The molecule has 6 rings (SSSR count). The zero-order valence-electron chi connectivity index (χ0n) is 22.1. The average Bonchev–Trinajstić information content (AvgIpc) is 3.61. The maximum Gasteiger partial charge on any atom is 0.352 e. The largest absolute Gasteiger partial charge is 0.477 e. The third-order valence-corrected chi connectivity index (χ3v) is 7.24. The second kappa shape index (κ2) is 13.4. The number of pyridine rings is 1. The number of aromatic carboxylic acids is 1. The SMILES string of the molecule is CNC.Cl.Cl.O=C(O)c1cc2cnc(Nc3ccc(N4CC5CCC(CC4=O)N5)cn3)nc2n1C1CCCC1. The molecule has 2 bridgehead atoms. The van der Waals surface area contributed by atoms with Gasteiger partial charge in [0.05, 0.1) is 11.9 Å². The number of anilines is 3. The van der Waals surface area contributed by atoms with Crippen molar-refractivity contribution in [2.45, 2.75) is 63.1 Å². The molecule has 2 saturated heterocycles. The molecule has 0 aromatic carbocycles. The summed E-state index contributed by atoms with van der Waals surface area (Å²) >= 11 is 0. The van der Waals surface area contributed by atoms with Crippen LogP contribution in [0.2, 0.25) is 0 Å². The minimum absolute atomic E-state index is 0. The maximum atomic E-state index is 12.7. The number of hydrogen-bond donors (Lipinski definition) is 4. The smallest absolute Gasteiger partial charge is 0.352 e. The van der Waals surface area contributed by atoms with Gasteiger partial charge in [-0.3, -0.25) is 4.79 Å². The molecule has 13 heteroatoms. The van der Waals surface area contributed by atoms with Gasteiger partial charge in [-0.25, -0.2) is 14.8 Å². The zero-order valence-corrected chi connectivity index (χ0v) is 23.7. The van der Waals surface area contributed by atoms with Crippen molar-refractivity contribution < 1.29 is 14.7 Å². The first kappa shape index (κ1) is 30.6. The molecule has 3 aromatic heterocycles. The molecular weight excluding hydrogens is 543 g/mol. The predicted molar refractivity (Wildman–Crippen MR) is 156 cm³/mol. The van der Waals surface area contributed by atoms with Crippen LogP contribution in [0.5, 0.6) is 0 Å². The van der Waals surface area contributed by atoms with Crippen LogP contribution >= 0.6 is 24.8 Å². The van der Waals surface area contributed by atoms with E-state index in [0.29, 0.717) is 41.8 Å². The molecule has 39 heavy (non-hydrogen) atoms. The van der Waals surface area contributed by atoms with Gasteiger partial charge in [0, 0.05) is 42.7 Å². The molecule has 0 spiro atoms. The summed E-state index contributed by atoms with van der Waals surface area (Å²) in [5.41, 5.74) is 1.65. The Kier molecular flexibility index (Phi) is 10.5. The van der Waals surface area contributed by atoms with E-state index in [-0.39, 0.29) is 48.5 Å². The monoisotopic (exact) mass is 578 g/mol. The molecule has 2 aliphatic heterocycles. The van der Waals surface area contributed by atoms with Gasteiger partial charge in [0.25, 0.3) is 0 Å². The lowest BCUT2D eigenvalue weighted by atomic mass is 10.1. The lowest BCUT2D eigenvalue weighted by Crippen LogP contribution is -2.37. The Labute approximate surface area is 240 Å². The molecule has 3 aliphatic rings. The van der Waals surface area contributed by atoms with Crippen molar-refractivity contribution in [1.82, 2.24) is 30.2 Å². The highest BCUT2D eigenvalue weighted by Gasteiger charge is 2.34. The summed E-state index contributed by atoms with van der Waals surface area (Å²) in [5, 5.41) is 19.8. The lowest BCUT2D eigenvalue weighted by molar-refractivity contribution is -0.118. The normalized spacial score (nSPS) is 20.5. The quantitative estimate of drug-likeness (QED) is 0.355. The van der Waals surface area contributed by atoms with Crippen LogP contribution in [-0.4, -0.2) is 69.2 Å². The number of carbonyl (C=O) groups excluding carboxylic acids is 1. The second-order valence-corrected chi connectivity index (χ2v) is 9.99. The first-order chi connectivity index (χ1) is 18.0. The van der Waals surface area contributed by atoms with Crippen molar-refractivity contribution >= 4 is 65.2 Å². The molecule has 2 atom stereocenters. The molecule has 11 nitrogen and oxygen atoms in total. The fourth-order valence-electron chi connectivity index (χ4n) is 5.60. The topological polar surface area (TPSA) is 137 Å². The van der Waals surface area contributed by atoms with Crippen LogP contribution in [0.25, 0.3) is 11.0 Å². The molecule has 1 saturated carbocycles. The summed E-state index contributed by atoms with van der Waals surface area (Å²) in [4.78, 5) is 39.8. The lowest BCUT2D eigenvalue weighted by Gasteiger charge is -2.24. The number of aromatic nitrogens is 4. The van der Waals surface area contributed by atoms with Crippen LogP contribution in [0.15, 0.2) is 30.6 Å². The van der Waals surface area contributed by atoms with Crippen LogP contribution in [0.1, 0.15) is 61.5 Å². The Morgan fingerprint density at radius 3 is 2.44 bits per heavy atom. The molecule has 5 heterocycles. The van der Waals surface area contributed by atoms with Crippen LogP contribution in [0, 0.1) is 0 Å². The second-order valence-electron chi connectivity index (χ2n) is 9.99. The van der Waals surface area contributed by atoms with Crippen molar-refractivity contribution in [2.24, 2.45) is 0 Å². The van der Waals surface area contributed by atoms with Crippen LogP contribution in [-0.2, 0) is 4.79 Å². The summed E-state index contributed by atoms with van der Waals surface area (Å²) in [7, 11) is 3.75. The van der Waals surface area contributed by atoms with Crippen molar-refractivity contribution in [3.8, 4) is 0 Å². The molecule has 0 radical (unpaired) electrons. The standard InChI is InChI=1S/C24H27N7O3.C2H7N.2ClH/c32-21-10-15-5-6-16(27-15)13-30(21)18-7-8-20(25-12-18)28-24-26-11-14-9-19(23(33)34)31(22(14)29-24)17-3-1-2-4-17;1-3-2;;/h7-9,11-12,15-17,27H,1-6,10,13H2,(H,33,34)(H,25,26,28,29);3H,1-2H3;2*1H. The molecular formula is C26H36Cl2N8O3. The van der Waals surface area contributed by atoms with Crippen LogP contribution < -0.4 is 20.9 Å². The van der Waals surface area contributed by atoms with E-state index >= 15 is 0 Å². The van der Waals surface area contributed by atoms with Gasteiger partial charge in [0.1, 0.15) is 17.2 Å². The molecule has 212 valence electrons. The van der Waals surface area contributed by atoms with Crippen molar-refractivity contribution in [3.63, 3.8) is 0 Å². The number of nitrogens with one attached hydrogen (secondary N) is 3. The fourth-order valence-corrected chi connectivity index (χ4v) is 5.60. The van der Waals surface area contributed by atoms with Gasteiger partial charge in [-0.2, -0.15) is 4.98 Å². The number of rotatable bonds is 5. The van der Waals surface area contributed by atoms with E-state index in [1.54, 1.807) is 18.5 Å². The van der Waals surface area contributed by atoms with E-state index < -0.39 is 5.97 Å². The summed E-state index contributed by atoms with van der Waals surface area (Å²) in [6.45, 7) is 0.660. The Balaban J connectivity index is 0.000000805. The van der Waals surface area contributed by atoms with Gasteiger partial charge in [-0.15, -0.1) is 24.8 Å². The van der Waals surface area contributed by atoms with Crippen molar-refractivity contribution in [2.75, 3.05) is 30.9 Å². The predicted octanol–water partition coefficient (Wildman–Crippen LogP) is 3.92. The van der Waals surface area contributed by atoms with Crippen molar-refractivity contribution in [1.29, 1.82) is 0 Å². The number of hydrogen-bond acceptors (Lipinski definition) is 8. The fraction of sp³-hybridized carbons (Fsp3) is 0.500. The number of carboxylic acid groups (broad SMARTS) is 1. The summed E-state index contributed by atoms with van der Waals surface area (Å²) < 4.78 is 1.85. The van der Waals surface area contributed by atoms with E-state index in [2.05, 4.69) is 30.9 Å². The molecule has 3 aromatic rings. The number of fused-ring (bicyclic) bond motifs is 3. The molecule has 1 amide bonds.